The highest BCUT2D eigenvalue weighted by Crippen LogP contribution is 2.31. The first kappa shape index (κ1) is 15.0. The normalized spacial score (nSPS) is 19.1. The zero-order chi connectivity index (χ0) is 17.1. The minimum atomic E-state index is -0.618. The Morgan fingerprint density at radius 1 is 1.29 bits per heavy atom. The first-order valence-electron chi connectivity index (χ1n) is 8.34. The molecule has 4 rings (SSSR count). The number of likely N-dealkylation sites (tertiary alicyclic amines) is 1. The number of fused-ring (bicyclic) bond motifs is 1. The lowest BCUT2D eigenvalue weighted by Crippen LogP contribution is -2.65. The zero-order valence-corrected chi connectivity index (χ0v) is 14.0. The first-order chi connectivity index (χ1) is 11.4. The van der Waals surface area contributed by atoms with E-state index in [1.807, 2.05) is 32.0 Å². The summed E-state index contributed by atoms with van der Waals surface area (Å²) in [6, 6.07) is 5.68. The van der Waals surface area contributed by atoms with Gasteiger partial charge in [0.05, 0.1) is 29.5 Å². The second kappa shape index (κ2) is 4.97. The van der Waals surface area contributed by atoms with Crippen molar-refractivity contribution in [2.24, 2.45) is 5.92 Å². The topological polar surface area (TPSA) is 71.0 Å². The number of aromatic nitrogens is 2. The van der Waals surface area contributed by atoms with Crippen LogP contribution in [0.4, 0.5) is 0 Å². The van der Waals surface area contributed by atoms with Gasteiger partial charge in [-0.25, -0.2) is 4.79 Å². The van der Waals surface area contributed by atoms with Gasteiger partial charge in [-0.2, -0.15) is 5.26 Å². The number of nitrogens with zero attached hydrogens (tertiary/aromatic N) is 4. The van der Waals surface area contributed by atoms with Crippen molar-refractivity contribution >= 4 is 10.9 Å². The molecule has 0 spiro atoms. The van der Waals surface area contributed by atoms with Crippen molar-refractivity contribution in [2.45, 2.75) is 38.8 Å². The van der Waals surface area contributed by atoms with E-state index in [2.05, 4.69) is 6.19 Å². The molecule has 1 aliphatic heterocycles. The highest BCUT2D eigenvalue weighted by Gasteiger charge is 2.43. The summed E-state index contributed by atoms with van der Waals surface area (Å²) in [4.78, 5) is 27.7. The summed E-state index contributed by atoms with van der Waals surface area (Å²) in [6.07, 6.45) is 4.35. The lowest BCUT2D eigenvalue weighted by atomic mass is 9.92. The molecule has 24 heavy (non-hydrogen) atoms. The quantitative estimate of drug-likeness (QED) is 0.800. The molecule has 1 aliphatic carbocycles. The number of hydrogen-bond donors (Lipinski definition) is 0. The molecule has 6 nitrogen and oxygen atoms in total. The lowest BCUT2D eigenvalue weighted by molar-refractivity contribution is 0.0674. The fraction of sp³-hybridized carbons (Fsp3) is 0.500. The minimum absolute atomic E-state index is 0.245. The molecule has 0 N–H and O–H groups in total. The van der Waals surface area contributed by atoms with Crippen LogP contribution in [0.5, 0.6) is 0 Å². The Balaban J connectivity index is 1.98. The number of aryl methyl sites for hydroxylation is 1. The summed E-state index contributed by atoms with van der Waals surface area (Å²) in [5.41, 5.74) is 0.612. The Hall–Kier alpha value is -2.55. The van der Waals surface area contributed by atoms with Gasteiger partial charge in [-0.05, 0) is 44.7 Å². The van der Waals surface area contributed by atoms with E-state index in [9.17, 15) is 9.59 Å². The highest BCUT2D eigenvalue weighted by molar-refractivity contribution is 5.78. The standard InChI is InChI=1S/C18H20N4O2/c1-12-3-6-15-14(7-12)16(23)22(18(2)9-20(10-18)11-19)17(24)21(15)8-13-4-5-13/h3,6-7,13H,4-5,8-10H2,1-2H3. The van der Waals surface area contributed by atoms with Crippen LogP contribution in [0, 0.1) is 24.3 Å². The maximum Gasteiger partial charge on any atom is 0.332 e. The van der Waals surface area contributed by atoms with Crippen LogP contribution < -0.4 is 11.2 Å². The first-order valence-corrected chi connectivity index (χ1v) is 8.34. The van der Waals surface area contributed by atoms with Crippen LogP contribution in [-0.2, 0) is 12.1 Å². The van der Waals surface area contributed by atoms with Gasteiger partial charge in [-0.1, -0.05) is 11.6 Å². The van der Waals surface area contributed by atoms with Crippen LogP contribution in [-0.4, -0.2) is 27.1 Å². The summed E-state index contributed by atoms with van der Waals surface area (Å²) in [5, 5.41) is 9.59. The number of benzene rings is 1. The molecule has 0 amide bonds. The largest absolute Gasteiger partial charge is 0.332 e. The fourth-order valence-electron chi connectivity index (χ4n) is 3.69. The molecule has 1 aromatic carbocycles. The summed E-state index contributed by atoms with van der Waals surface area (Å²) in [7, 11) is 0. The van der Waals surface area contributed by atoms with Gasteiger partial charge >= 0.3 is 5.69 Å². The third-order valence-corrected chi connectivity index (χ3v) is 5.18. The van der Waals surface area contributed by atoms with E-state index in [0.717, 1.165) is 23.9 Å². The van der Waals surface area contributed by atoms with Gasteiger partial charge in [-0.3, -0.25) is 13.9 Å². The molecule has 1 aromatic heterocycles. The molecule has 0 unspecified atom stereocenters. The zero-order valence-electron chi connectivity index (χ0n) is 14.0. The lowest BCUT2D eigenvalue weighted by Gasteiger charge is -2.45. The third kappa shape index (κ3) is 2.15. The minimum Gasteiger partial charge on any atom is -0.306 e. The van der Waals surface area contributed by atoms with E-state index in [1.54, 1.807) is 9.47 Å². The summed E-state index contributed by atoms with van der Waals surface area (Å²) >= 11 is 0. The summed E-state index contributed by atoms with van der Waals surface area (Å²) in [5.74, 6) is 0.531. The molecule has 2 aliphatic rings. The molecule has 0 atom stereocenters. The van der Waals surface area contributed by atoms with Crippen LogP contribution in [0.25, 0.3) is 10.9 Å². The van der Waals surface area contributed by atoms with Crippen molar-refractivity contribution in [3.05, 3.63) is 44.6 Å². The van der Waals surface area contributed by atoms with Crippen LogP contribution in [0.15, 0.2) is 27.8 Å². The molecule has 1 saturated heterocycles. The molecular formula is C18H20N4O2. The SMILES string of the molecule is Cc1ccc2c(c1)c(=O)n(C1(C)CN(C#N)C1)c(=O)n2CC1CC1. The molecule has 0 radical (unpaired) electrons. The Kier molecular flexibility index (Phi) is 3.11. The molecule has 6 heteroatoms. The van der Waals surface area contributed by atoms with Gasteiger partial charge in [0.25, 0.3) is 5.56 Å². The predicted octanol–water partition coefficient (Wildman–Crippen LogP) is 1.39. The molecule has 0 bridgehead atoms. The van der Waals surface area contributed by atoms with Crippen LogP contribution >= 0.6 is 0 Å². The second-order valence-corrected chi connectivity index (χ2v) is 7.45. The smallest absolute Gasteiger partial charge is 0.306 e. The molecule has 2 heterocycles. The molecule has 124 valence electrons. The maximum atomic E-state index is 13.1. The Labute approximate surface area is 139 Å². The van der Waals surface area contributed by atoms with E-state index < -0.39 is 5.54 Å². The van der Waals surface area contributed by atoms with Crippen LogP contribution in [0.1, 0.15) is 25.3 Å². The van der Waals surface area contributed by atoms with Gasteiger partial charge in [0.1, 0.15) is 0 Å². The van der Waals surface area contributed by atoms with Crippen molar-refractivity contribution in [1.29, 1.82) is 5.26 Å². The Morgan fingerprint density at radius 2 is 2.00 bits per heavy atom. The Morgan fingerprint density at radius 3 is 2.62 bits per heavy atom. The number of hydrogen-bond acceptors (Lipinski definition) is 4. The average Bonchev–Trinajstić information content (AvgIpc) is 3.33. The van der Waals surface area contributed by atoms with Crippen molar-refractivity contribution in [3.63, 3.8) is 0 Å². The van der Waals surface area contributed by atoms with Gasteiger partial charge in [0.2, 0.25) is 0 Å². The fourth-order valence-corrected chi connectivity index (χ4v) is 3.69. The van der Waals surface area contributed by atoms with Crippen molar-refractivity contribution < 1.29 is 0 Å². The second-order valence-electron chi connectivity index (χ2n) is 7.45. The van der Waals surface area contributed by atoms with Crippen molar-refractivity contribution in [1.82, 2.24) is 14.0 Å². The monoisotopic (exact) mass is 324 g/mol. The van der Waals surface area contributed by atoms with Gasteiger partial charge in [0.15, 0.2) is 6.19 Å². The Bertz CT molecular complexity index is 985. The maximum absolute atomic E-state index is 13.1. The van der Waals surface area contributed by atoms with Gasteiger partial charge < -0.3 is 4.90 Å². The summed E-state index contributed by atoms with van der Waals surface area (Å²) in [6.45, 7) is 5.30. The molecule has 2 fully saturated rings. The van der Waals surface area contributed by atoms with Gasteiger partial charge in [0, 0.05) is 6.54 Å². The third-order valence-electron chi connectivity index (χ3n) is 5.18. The van der Waals surface area contributed by atoms with E-state index in [-0.39, 0.29) is 11.2 Å². The van der Waals surface area contributed by atoms with E-state index in [0.29, 0.717) is 30.9 Å². The number of rotatable bonds is 3. The van der Waals surface area contributed by atoms with Gasteiger partial charge in [-0.15, -0.1) is 0 Å². The van der Waals surface area contributed by atoms with E-state index in [4.69, 9.17) is 5.26 Å². The van der Waals surface area contributed by atoms with Crippen LogP contribution in [0.3, 0.4) is 0 Å². The highest BCUT2D eigenvalue weighted by atomic mass is 16.2. The van der Waals surface area contributed by atoms with E-state index in [1.165, 1.54) is 4.57 Å². The van der Waals surface area contributed by atoms with Crippen LogP contribution in [0.2, 0.25) is 0 Å². The average molecular weight is 324 g/mol. The predicted molar refractivity (Wildman–Crippen MR) is 90.8 cm³/mol. The summed E-state index contributed by atoms with van der Waals surface area (Å²) < 4.78 is 3.14. The molecular weight excluding hydrogens is 304 g/mol. The van der Waals surface area contributed by atoms with Crippen molar-refractivity contribution in [3.8, 4) is 6.19 Å². The molecule has 2 aromatic rings. The van der Waals surface area contributed by atoms with E-state index >= 15 is 0 Å². The number of nitriles is 1. The van der Waals surface area contributed by atoms with Crippen molar-refractivity contribution in [2.75, 3.05) is 13.1 Å². The molecule has 1 saturated carbocycles.